The Hall–Kier alpha value is -1.56. The zero-order valence-electron chi connectivity index (χ0n) is 14.5. The first-order valence-corrected chi connectivity index (χ1v) is 9.86. The maximum atomic E-state index is 12.0. The SMILES string of the molecule is Cc1cccc(N(CCCC(=O)NCCC(C)C)S(C)(=O)=O)c1. The van der Waals surface area contributed by atoms with Gasteiger partial charge in [-0.3, -0.25) is 9.10 Å². The van der Waals surface area contributed by atoms with Crippen LogP contribution in [0.1, 0.15) is 38.7 Å². The van der Waals surface area contributed by atoms with E-state index in [4.69, 9.17) is 0 Å². The van der Waals surface area contributed by atoms with Crippen LogP contribution in [0.3, 0.4) is 0 Å². The lowest BCUT2D eigenvalue weighted by Crippen LogP contribution is -2.32. The molecule has 1 aromatic rings. The Bertz CT molecular complexity index is 612. The largest absolute Gasteiger partial charge is 0.356 e. The van der Waals surface area contributed by atoms with Crippen molar-refractivity contribution in [3.8, 4) is 0 Å². The van der Waals surface area contributed by atoms with Crippen LogP contribution in [-0.2, 0) is 14.8 Å². The monoisotopic (exact) mass is 340 g/mol. The topological polar surface area (TPSA) is 66.5 Å². The van der Waals surface area contributed by atoms with Crippen LogP contribution in [0, 0.1) is 12.8 Å². The van der Waals surface area contributed by atoms with Crippen LogP contribution < -0.4 is 9.62 Å². The van der Waals surface area contributed by atoms with Gasteiger partial charge in [0.1, 0.15) is 0 Å². The van der Waals surface area contributed by atoms with Gasteiger partial charge >= 0.3 is 0 Å². The van der Waals surface area contributed by atoms with E-state index in [9.17, 15) is 13.2 Å². The van der Waals surface area contributed by atoms with Crippen molar-refractivity contribution >= 4 is 21.6 Å². The van der Waals surface area contributed by atoms with E-state index in [1.807, 2.05) is 25.1 Å². The Labute approximate surface area is 140 Å². The first kappa shape index (κ1) is 19.5. The smallest absolute Gasteiger partial charge is 0.232 e. The van der Waals surface area contributed by atoms with Gasteiger partial charge < -0.3 is 5.32 Å². The van der Waals surface area contributed by atoms with E-state index in [-0.39, 0.29) is 5.91 Å². The minimum absolute atomic E-state index is 0.0247. The Kier molecular flexibility index (Phi) is 7.55. The highest BCUT2D eigenvalue weighted by molar-refractivity contribution is 7.92. The summed E-state index contributed by atoms with van der Waals surface area (Å²) in [6.07, 6.45) is 2.97. The molecule has 0 aliphatic heterocycles. The third-order valence-corrected chi connectivity index (χ3v) is 4.69. The van der Waals surface area contributed by atoms with E-state index < -0.39 is 10.0 Å². The van der Waals surface area contributed by atoms with E-state index in [2.05, 4.69) is 19.2 Å². The molecule has 0 fully saturated rings. The second-order valence-corrected chi connectivity index (χ2v) is 8.22. The number of rotatable bonds is 9. The standard InChI is InChI=1S/C17H28N2O3S/c1-14(2)10-11-18-17(20)9-6-12-19(23(4,21)22)16-8-5-7-15(3)13-16/h5,7-8,13-14H,6,9-12H2,1-4H3,(H,18,20). The van der Waals surface area contributed by atoms with Crippen molar-refractivity contribution in [1.82, 2.24) is 5.32 Å². The van der Waals surface area contributed by atoms with Gasteiger partial charge in [-0.25, -0.2) is 8.42 Å². The number of benzene rings is 1. The predicted molar refractivity (Wildman–Crippen MR) is 95.1 cm³/mol. The summed E-state index contributed by atoms with van der Waals surface area (Å²) >= 11 is 0. The van der Waals surface area contributed by atoms with Gasteiger partial charge in [-0.05, 0) is 43.4 Å². The van der Waals surface area contributed by atoms with Crippen LogP contribution in [0.5, 0.6) is 0 Å². The van der Waals surface area contributed by atoms with E-state index in [0.717, 1.165) is 12.0 Å². The highest BCUT2D eigenvalue weighted by Gasteiger charge is 2.17. The van der Waals surface area contributed by atoms with Gasteiger partial charge in [0.25, 0.3) is 0 Å². The molecule has 1 N–H and O–H groups in total. The Balaban J connectivity index is 2.55. The van der Waals surface area contributed by atoms with Crippen molar-refractivity contribution in [3.05, 3.63) is 29.8 Å². The number of amides is 1. The number of anilines is 1. The van der Waals surface area contributed by atoms with E-state index in [0.29, 0.717) is 37.5 Å². The molecule has 1 amide bonds. The molecule has 0 spiro atoms. The summed E-state index contributed by atoms with van der Waals surface area (Å²) in [6, 6.07) is 7.37. The fraction of sp³-hybridized carbons (Fsp3) is 0.588. The van der Waals surface area contributed by atoms with Gasteiger partial charge in [0.2, 0.25) is 15.9 Å². The van der Waals surface area contributed by atoms with Gasteiger partial charge in [0.05, 0.1) is 11.9 Å². The fourth-order valence-electron chi connectivity index (χ4n) is 2.24. The van der Waals surface area contributed by atoms with E-state index >= 15 is 0 Å². The molecule has 130 valence electrons. The van der Waals surface area contributed by atoms with Crippen LogP contribution in [0.15, 0.2) is 24.3 Å². The van der Waals surface area contributed by atoms with Gasteiger partial charge in [-0.2, -0.15) is 0 Å². The van der Waals surface area contributed by atoms with Crippen LogP contribution in [0.4, 0.5) is 5.69 Å². The maximum absolute atomic E-state index is 12.0. The van der Waals surface area contributed by atoms with Gasteiger partial charge in [-0.1, -0.05) is 26.0 Å². The quantitative estimate of drug-likeness (QED) is 0.751. The molecule has 6 heteroatoms. The van der Waals surface area contributed by atoms with Crippen LogP contribution in [0.25, 0.3) is 0 Å². The zero-order valence-corrected chi connectivity index (χ0v) is 15.3. The summed E-state index contributed by atoms with van der Waals surface area (Å²) in [5, 5.41) is 2.87. The molecule has 0 unspecified atom stereocenters. The summed E-state index contributed by atoms with van der Waals surface area (Å²) in [4.78, 5) is 11.8. The van der Waals surface area contributed by atoms with Crippen molar-refractivity contribution in [3.63, 3.8) is 0 Å². The van der Waals surface area contributed by atoms with Crippen molar-refractivity contribution in [2.75, 3.05) is 23.7 Å². The summed E-state index contributed by atoms with van der Waals surface area (Å²) in [5.74, 6) is 0.528. The van der Waals surface area contributed by atoms with E-state index in [1.165, 1.54) is 10.6 Å². The molecular formula is C17H28N2O3S. The van der Waals surface area contributed by atoms with Crippen LogP contribution >= 0.6 is 0 Å². The lowest BCUT2D eigenvalue weighted by atomic mass is 10.1. The molecule has 0 atom stereocenters. The minimum Gasteiger partial charge on any atom is -0.356 e. The van der Waals surface area contributed by atoms with Gasteiger partial charge in [0, 0.05) is 19.5 Å². The second-order valence-electron chi connectivity index (χ2n) is 6.31. The molecular weight excluding hydrogens is 312 g/mol. The number of aryl methyl sites for hydroxylation is 1. The molecule has 0 heterocycles. The number of carbonyl (C=O) groups excluding carboxylic acids is 1. The average Bonchev–Trinajstić information content (AvgIpc) is 2.41. The number of carbonyl (C=O) groups is 1. The number of nitrogens with zero attached hydrogens (tertiary/aromatic N) is 1. The third-order valence-electron chi connectivity index (χ3n) is 3.50. The molecule has 0 aromatic heterocycles. The maximum Gasteiger partial charge on any atom is 0.232 e. The molecule has 0 saturated carbocycles. The number of sulfonamides is 1. The Morgan fingerprint density at radius 3 is 2.57 bits per heavy atom. The minimum atomic E-state index is -3.36. The van der Waals surface area contributed by atoms with Crippen molar-refractivity contribution in [2.24, 2.45) is 5.92 Å². The van der Waals surface area contributed by atoms with Crippen molar-refractivity contribution < 1.29 is 13.2 Å². The van der Waals surface area contributed by atoms with E-state index in [1.54, 1.807) is 6.07 Å². The molecule has 1 rings (SSSR count). The van der Waals surface area contributed by atoms with Crippen molar-refractivity contribution in [2.45, 2.75) is 40.0 Å². The number of hydrogen-bond acceptors (Lipinski definition) is 3. The summed E-state index contributed by atoms with van der Waals surface area (Å²) in [7, 11) is -3.36. The molecule has 0 aliphatic rings. The second kappa shape index (κ2) is 8.91. The lowest BCUT2D eigenvalue weighted by molar-refractivity contribution is -0.121. The molecule has 23 heavy (non-hydrogen) atoms. The predicted octanol–water partition coefficient (Wildman–Crippen LogP) is 2.70. The molecule has 0 bridgehead atoms. The fourth-order valence-corrected chi connectivity index (χ4v) is 3.20. The highest BCUT2D eigenvalue weighted by Crippen LogP contribution is 2.19. The number of hydrogen-bond donors (Lipinski definition) is 1. The molecule has 5 nitrogen and oxygen atoms in total. The van der Waals surface area contributed by atoms with Gasteiger partial charge in [0.15, 0.2) is 0 Å². The summed E-state index contributed by atoms with van der Waals surface area (Å²) < 4.78 is 25.3. The van der Waals surface area contributed by atoms with Crippen LogP contribution in [-0.4, -0.2) is 33.7 Å². The zero-order chi connectivity index (χ0) is 17.5. The Morgan fingerprint density at radius 1 is 1.30 bits per heavy atom. The summed E-state index contributed by atoms with van der Waals surface area (Å²) in [6.45, 7) is 7.12. The first-order valence-electron chi connectivity index (χ1n) is 8.01. The first-order chi connectivity index (χ1) is 10.7. The number of nitrogens with one attached hydrogen (secondary N) is 1. The lowest BCUT2D eigenvalue weighted by Gasteiger charge is -2.22. The van der Waals surface area contributed by atoms with Crippen molar-refractivity contribution in [1.29, 1.82) is 0 Å². The Morgan fingerprint density at radius 2 is 2.00 bits per heavy atom. The van der Waals surface area contributed by atoms with Crippen LogP contribution in [0.2, 0.25) is 0 Å². The normalized spacial score (nSPS) is 11.5. The average molecular weight is 340 g/mol. The van der Waals surface area contributed by atoms with Gasteiger partial charge in [-0.15, -0.1) is 0 Å². The molecule has 0 saturated heterocycles. The molecule has 0 radical (unpaired) electrons. The molecule has 0 aliphatic carbocycles. The third kappa shape index (κ3) is 7.50. The molecule has 1 aromatic carbocycles. The summed E-state index contributed by atoms with van der Waals surface area (Å²) in [5.41, 5.74) is 1.65. The highest BCUT2D eigenvalue weighted by atomic mass is 32.2.